The van der Waals surface area contributed by atoms with Gasteiger partial charge >= 0.3 is 0 Å². The molecular formula is C8H15NO3. The summed E-state index contributed by atoms with van der Waals surface area (Å²) in [7, 11) is 2.96. The average Bonchev–Trinajstić information content (AvgIpc) is 2.11. The molecule has 0 saturated carbocycles. The lowest BCUT2D eigenvalue weighted by molar-refractivity contribution is -0.174. The Kier molecular flexibility index (Phi) is 5.32. The Morgan fingerprint density at radius 2 is 2.33 bits per heavy atom. The van der Waals surface area contributed by atoms with Crippen molar-refractivity contribution in [1.82, 2.24) is 5.06 Å². The fourth-order valence-electron chi connectivity index (χ4n) is 0.463. The molecule has 4 heteroatoms. The Bertz CT molecular complexity index is 158. The Balaban J connectivity index is 3.63. The maximum Gasteiger partial charge on any atom is 0.271 e. The highest BCUT2D eigenvalue weighted by Crippen LogP contribution is 1.93. The lowest BCUT2D eigenvalue weighted by Crippen LogP contribution is -2.30. The van der Waals surface area contributed by atoms with Gasteiger partial charge in [0.05, 0.1) is 13.2 Å². The van der Waals surface area contributed by atoms with Crippen LogP contribution in [0.4, 0.5) is 0 Å². The minimum atomic E-state index is -0.216. The first-order chi connectivity index (χ1) is 5.61. The number of carbonyl (C=O) groups is 1. The van der Waals surface area contributed by atoms with Gasteiger partial charge in [-0.05, 0) is 6.92 Å². The first-order valence-electron chi connectivity index (χ1n) is 3.66. The van der Waals surface area contributed by atoms with Crippen LogP contribution in [-0.4, -0.2) is 37.8 Å². The summed E-state index contributed by atoms with van der Waals surface area (Å²) in [5.74, 6) is -0.216. The maximum absolute atomic E-state index is 11.0. The number of amides is 1. The first-order valence-corrected chi connectivity index (χ1v) is 3.66. The van der Waals surface area contributed by atoms with Crippen LogP contribution in [-0.2, 0) is 14.4 Å². The van der Waals surface area contributed by atoms with Crippen molar-refractivity contribution < 1.29 is 14.4 Å². The van der Waals surface area contributed by atoms with Crippen molar-refractivity contribution >= 4 is 5.91 Å². The zero-order valence-corrected chi connectivity index (χ0v) is 7.74. The normalized spacial score (nSPS) is 12.2. The molecule has 4 nitrogen and oxygen atoms in total. The Labute approximate surface area is 72.7 Å². The molecule has 1 amide bonds. The van der Waals surface area contributed by atoms with Crippen molar-refractivity contribution in [2.24, 2.45) is 0 Å². The van der Waals surface area contributed by atoms with Crippen molar-refractivity contribution in [3.8, 4) is 0 Å². The molecule has 0 saturated heterocycles. The van der Waals surface area contributed by atoms with Crippen molar-refractivity contribution in [2.45, 2.75) is 13.0 Å². The van der Waals surface area contributed by atoms with Gasteiger partial charge in [0.25, 0.3) is 5.91 Å². The molecule has 0 radical (unpaired) electrons. The SMILES string of the molecule is C=C[C@@H](C)OCC(=O)N(C)OC. The van der Waals surface area contributed by atoms with Crippen molar-refractivity contribution in [2.75, 3.05) is 20.8 Å². The van der Waals surface area contributed by atoms with Gasteiger partial charge in [-0.15, -0.1) is 6.58 Å². The number of hydrogen-bond donors (Lipinski definition) is 0. The summed E-state index contributed by atoms with van der Waals surface area (Å²) in [4.78, 5) is 15.7. The predicted octanol–water partition coefficient (Wildman–Crippen LogP) is 0.597. The molecule has 0 N–H and O–H groups in total. The summed E-state index contributed by atoms with van der Waals surface area (Å²) < 4.78 is 5.09. The molecule has 12 heavy (non-hydrogen) atoms. The highest BCUT2D eigenvalue weighted by atomic mass is 16.7. The molecule has 0 heterocycles. The predicted molar refractivity (Wildman–Crippen MR) is 45.4 cm³/mol. The number of nitrogens with zero attached hydrogens (tertiary/aromatic N) is 1. The van der Waals surface area contributed by atoms with Crippen LogP contribution in [0.1, 0.15) is 6.92 Å². The van der Waals surface area contributed by atoms with Crippen LogP contribution in [0.3, 0.4) is 0 Å². The van der Waals surface area contributed by atoms with Gasteiger partial charge in [-0.1, -0.05) is 6.08 Å². The van der Waals surface area contributed by atoms with Gasteiger partial charge in [0.15, 0.2) is 0 Å². The van der Waals surface area contributed by atoms with E-state index in [0.29, 0.717) is 0 Å². The smallest absolute Gasteiger partial charge is 0.271 e. The number of hydroxylamine groups is 2. The molecule has 0 aromatic carbocycles. The van der Waals surface area contributed by atoms with Crippen molar-refractivity contribution in [3.05, 3.63) is 12.7 Å². The van der Waals surface area contributed by atoms with Gasteiger partial charge in [0, 0.05) is 7.05 Å². The third-order valence-electron chi connectivity index (χ3n) is 1.43. The standard InChI is InChI=1S/C8H15NO3/c1-5-7(2)12-6-8(10)9(3)11-4/h5,7H,1,6H2,2-4H3/t7-/m1/s1. The van der Waals surface area contributed by atoms with Crippen LogP contribution in [0.5, 0.6) is 0 Å². The molecule has 1 atom stereocenters. The minimum absolute atomic E-state index is 0.0114. The van der Waals surface area contributed by atoms with E-state index in [4.69, 9.17) is 4.74 Å². The van der Waals surface area contributed by atoms with E-state index < -0.39 is 0 Å². The number of ether oxygens (including phenoxy) is 1. The Morgan fingerprint density at radius 1 is 1.75 bits per heavy atom. The maximum atomic E-state index is 11.0. The lowest BCUT2D eigenvalue weighted by Gasteiger charge is -2.14. The number of likely N-dealkylation sites (N-methyl/N-ethyl adjacent to an activating group) is 1. The van der Waals surface area contributed by atoms with Crippen LogP contribution in [0.2, 0.25) is 0 Å². The molecule has 0 aliphatic carbocycles. The van der Waals surface area contributed by atoms with Gasteiger partial charge in [0.2, 0.25) is 0 Å². The molecule has 70 valence electrons. The van der Waals surface area contributed by atoms with Crippen LogP contribution in [0, 0.1) is 0 Å². The van der Waals surface area contributed by atoms with Gasteiger partial charge in [0.1, 0.15) is 6.61 Å². The molecule has 0 bridgehead atoms. The van der Waals surface area contributed by atoms with Gasteiger partial charge in [-0.3, -0.25) is 9.63 Å². The summed E-state index contributed by atoms with van der Waals surface area (Å²) in [5.41, 5.74) is 0. The van der Waals surface area contributed by atoms with E-state index in [9.17, 15) is 4.79 Å². The number of rotatable bonds is 5. The summed E-state index contributed by atoms with van der Waals surface area (Å²) >= 11 is 0. The van der Waals surface area contributed by atoms with Crippen molar-refractivity contribution in [3.63, 3.8) is 0 Å². The number of carbonyl (C=O) groups excluding carboxylic acids is 1. The highest BCUT2D eigenvalue weighted by Gasteiger charge is 2.08. The van der Waals surface area contributed by atoms with E-state index in [1.807, 2.05) is 6.92 Å². The van der Waals surface area contributed by atoms with E-state index in [1.54, 1.807) is 6.08 Å². The van der Waals surface area contributed by atoms with E-state index in [1.165, 1.54) is 14.2 Å². The molecule has 0 unspecified atom stereocenters. The lowest BCUT2D eigenvalue weighted by atomic mass is 10.4. The average molecular weight is 173 g/mol. The second-order valence-corrected chi connectivity index (χ2v) is 2.33. The largest absolute Gasteiger partial charge is 0.365 e. The van der Waals surface area contributed by atoms with Crippen LogP contribution < -0.4 is 0 Å². The van der Waals surface area contributed by atoms with Gasteiger partial charge < -0.3 is 4.74 Å². The summed E-state index contributed by atoms with van der Waals surface area (Å²) in [6, 6.07) is 0. The minimum Gasteiger partial charge on any atom is -0.365 e. The van der Waals surface area contributed by atoms with E-state index in [-0.39, 0.29) is 18.6 Å². The third-order valence-corrected chi connectivity index (χ3v) is 1.43. The molecule has 0 aromatic heterocycles. The van der Waals surface area contributed by atoms with Crippen molar-refractivity contribution in [1.29, 1.82) is 0 Å². The molecule has 0 fully saturated rings. The van der Waals surface area contributed by atoms with Crippen LogP contribution in [0.15, 0.2) is 12.7 Å². The van der Waals surface area contributed by atoms with Gasteiger partial charge in [-0.2, -0.15) is 0 Å². The fourth-order valence-corrected chi connectivity index (χ4v) is 0.463. The molecule has 0 spiro atoms. The fraction of sp³-hybridized carbons (Fsp3) is 0.625. The summed E-state index contributed by atoms with van der Waals surface area (Å²) in [6.07, 6.45) is 1.51. The molecule has 0 aliphatic rings. The second-order valence-electron chi connectivity index (χ2n) is 2.33. The Morgan fingerprint density at radius 3 is 2.75 bits per heavy atom. The Hall–Kier alpha value is -0.870. The highest BCUT2D eigenvalue weighted by molar-refractivity contribution is 5.76. The van der Waals surface area contributed by atoms with E-state index in [0.717, 1.165) is 5.06 Å². The molecule has 0 rings (SSSR count). The quantitative estimate of drug-likeness (QED) is 0.451. The summed E-state index contributed by atoms with van der Waals surface area (Å²) in [6.45, 7) is 5.35. The summed E-state index contributed by atoms with van der Waals surface area (Å²) in [5, 5.41) is 1.12. The number of hydrogen-bond acceptors (Lipinski definition) is 3. The zero-order chi connectivity index (χ0) is 9.56. The van der Waals surface area contributed by atoms with E-state index >= 15 is 0 Å². The molecule has 0 aliphatic heterocycles. The topological polar surface area (TPSA) is 38.8 Å². The van der Waals surface area contributed by atoms with Crippen LogP contribution in [0.25, 0.3) is 0 Å². The van der Waals surface area contributed by atoms with E-state index in [2.05, 4.69) is 11.4 Å². The van der Waals surface area contributed by atoms with Crippen LogP contribution >= 0.6 is 0 Å². The third kappa shape index (κ3) is 4.10. The monoisotopic (exact) mass is 173 g/mol. The van der Waals surface area contributed by atoms with Gasteiger partial charge in [-0.25, -0.2) is 5.06 Å². The zero-order valence-electron chi connectivity index (χ0n) is 7.74. The first kappa shape index (κ1) is 11.1. The molecule has 0 aromatic rings. The molecular weight excluding hydrogens is 158 g/mol. The second kappa shape index (κ2) is 5.74.